The summed E-state index contributed by atoms with van der Waals surface area (Å²) in [6.07, 6.45) is 0.244. The first-order valence-electron chi connectivity index (χ1n) is 6.17. The Hall–Kier alpha value is -1.01. The van der Waals surface area contributed by atoms with Gasteiger partial charge in [-0.15, -0.1) is 5.10 Å². The lowest BCUT2D eigenvalue weighted by Gasteiger charge is -2.09. The van der Waals surface area contributed by atoms with Gasteiger partial charge >= 0.3 is 0 Å². The van der Waals surface area contributed by atoms with E-state index in [0.29, 0.717) is 25.6 Å². The molecule has 6 heteroatoms. The van der Waals surface area contributed by atoms with Gasteiger partial charge in [-0.25, -0.2) is 4.68 Å². The molecule has 0 aliphatic carbocycles. The fraction of sp³-hybridized carbons (Fsp3) is 0.909. The molecule has 0 aliphatic rings. The van der Waals surface area contributed by atoms with Gasteiger partial charge in [0.25, 0.3) is 0 Å². The van der Waals surface area contributed by atoms with Crippen LogP contribution < -0.4 is 5.32 Å². The molecule has 1 aromatic heterocycles. The van der Waals surface area contributed by atoms with Crippen molar-refractivity contribution >= 4 is 0 Å². The molecule has 0 saturated carbocycles. The Kier molecular flexibility index (Phi) is 6.07. The molecule has 1 heterocycles. The number of hydrogen-bond donors (Lipinski definition) is 1. The lowest BCUT2D eigenvalue weighted by Crippen LogP contribution is -2.22. The second kappa shape index (κ2) is 7.34. The van der Waals surface area contributed by atoms with Gasteiger partial charge in [-0.2, -0.15) is 0 Å². The minimum absolute atomic E-state index is 0.244. The third-order valence-electron chi connectivity index (χ3n) is 2.20. The van der Waals surface area contributed by atoms with E-state index in [2.05, 4.69) is 34.7 Å². The highest BCUT2D eigenvalue weighted by Crippen LogP contribution is 1.95. The van der Waals surface area contributed by atoms with E-state index in [4.69, 9.17) is 4.74 Å². The van der Waals surface area contributed by atoms with Crippen LogP contribution in [0.15, 0.2) is 0 Å². The highest BCUT2D eigenvalue weighted by Gasteiger charge is 2.06. The zero-order valence-electron chi connectivity index (χ0n) is 11.2. The molecule has 0 saturated heterocycles. The SMILES string of the molecule is CC(C)CNCc1nnnn1CCOC(C)C. The molecule has 17 heavy (non-hydrogen) atoms. The number of tetrazole rings is 1. The van der Waals surface area contributed by atoms with Gasteiger partial charge in [0.15, 0.2) is 5.82 Å². The van der Waals surface area contributed by atoms with Gasteiger partial charge in [0.2, 0.25) is 0 Å². The van der Waals surface area contributed by atoms with Crippen LogP contribution in [-0.4, -0.2) is 39.5 Å². The smallest absolute Gasteiger partial charge is 0.165 e. The number of rotatable bonds is 8. The summed E-state index contributed by atoms with van der Waals surface area (Å²) in [4.78, 5) is 0. The predicted octanol–water partition coefficient (Wildman–Crippen LogP) is 0.844. The van der Waals surface area contributed by atoms with Crippen LogP contribution in [0.2, 0.25) is 0 Å². The van der Waals surface area contributed by atoms with E-state index in [1.807, 2.05) is 13.8 Å². The fourth-order valence-electron chi connectivity index (χ4n) is 1.37. The lowest BCUT2D eigenvalue weighted by atomic mass is 10.2. The second-order valence-electron chi connectivity index (χ2n) is 4.76. The minimum Gasteiger partial charge on any atom is -0.377 e. The van der Waals surface area contributed by atoms with Gasteiger partial charge in [-0.1, -0.05) is 13.8 Å². The third-order valence-corrected chi connectivity index (χ3v) is 2.20. The summed E-state index contributed by atoms with van der Waals surface area (Å²) in [6, 6.07) is 0. The van der Waals surface area contributed by atoms with E-state index >= 15 is 0 Å². The molecular weight excluding hydrogens is 218 g/mol. The van der Waals surface area contributed by atoms with E-state index in [-0.39, 0.29) is 6.10 Å². The molecule has 1 aromatic rings. The van der Waals surface area contributed by atoms with Crippen molar-refractivity contribution < 1.29 is 4.74 Å². The van der Waals surface area contributed by atoms with Crippen molar-refractivity contribution in [1.82, 2.24) is 25.5 Å². The number of hydrogen-bond acceptors (Lipinski definition) is 5. The quantitative estimate of drug-likeness (QED) is 0.730. The maximum absolute atomic E-state index is 5.48. The molecule has 98 valence electrons. The molecule has 0 unspecified atom stereocenters. The van der Waals surface area contributed by atoms with Gasteiger partial charge in [0.05, 0.1) is 25.8 Å². The summed E-state index contributed by atoms with van der Waals surface area (Å²) < 4.78 is 7.26. The third kappa shape index (κ3) is 5.74. The van der Waals surface area contributed by atoms with Crippen molar-refractivity contribution in [2.75, 3.05) is 13.2 Å². The summed E-state index contributed by atoms with van der Waals surface area (Å²) in [5, 5.41) is 14.9. The molecule has 1 rings (SSSR count). The van der Waals surface area contributed by atoms with Crippen LogP contribution in [0.3, 0.4) is 0 Å². The first kappa shape index (κ1) is 14.1. The van der Waals surface area contributed by atoms with E-state index in [9.17, 15) is 0 Å². The number of ether oxygens (including phenoxy) is 1. The Morgan fingerprint density at radius 3 is 2.71 bits per heavy atom. The summed E-state index contributed by atoms with van der Waals surface area (Å²) in [6.45, 7) is 11.4. The largest absolute Gasteiger partial charge is 0.377 e. The summed E-state index contributed by atoms with van der Waals surface area (Å²) in [7, 11) is 0. The maximum atomic E-state index is 5.48. The molecule has 0 radical (unpaired) electrons. The molecule has 0 bridgehead atoms. The first-order chi connectivity index (χ1) is 8.09. The summed E-state index contributed by atoms with van der Waals surface area (Å²) in [5.41, 5.74) is 0. The highest BCUT2D eigenvalue weighted by molar-refractivity contribution is 4.79. The Bertz CT molecular complexity index is 282. The molecule has 0 spiro atoms. The second-order valence-corrected chi connectivity index (χ2v) is 4.76. The summed E-state index contributed by atoms with van der Waals surface area (Å²) >= 11 is 0. The molecule has 1 N–H and O–H groups in total. The Morgan fingerprint density at radius 1 is 1.29 bits per heavy atom. The van der Waals surface area contributed by atoms with Crippen LogP contribution in [0.1, 0.15) is 33.5 Å². The van der Waals surface area contributed by atoms with Crippen LogP contribution >= 0.6 is 0 Å². The van der Waals surface area contributed by atoms with E-state index in [0.717, 1.165) is 12.4 Å². The number of nitrogens with one attached hydrogen (secondary N) is 1. The van der Waals surface area contributed by atoms with Crippen LogP contribution in [0, 0.1) is 5.92 Å². The number of nitrogens with zero attached hydrogens (tertiary/aromatic N) is 4. The first-order valence-corrected chi connectivity index (χ1v) is 6.17. The van der Waals surface area contributed by atoms with Crippen molar-refractivity contribution in [3.05, 3.63) is 5.82 Å². The maximum Gasteiger partial charge on any atom is 0.165 e. The molecular formula is C11H23N5O. The van der Waals surface area contributed by atoms with Crippen molar-refractivity contribution in [1.29, 1.82) is 0 Å². The standard InChI is InChI=1S/C11H23N5O/c1-9(2)7-12-8-11-13-14-15-16(11)5-6-17-10(3)4/h9-10,12H,5-8H2,1-4H3. The zero-order valence-corrected chi connectivity index (χ0v) is 11.2. The average molecular weight is 241 g/mol. The van der Waals surface area contributed by atoms with Crippen molar-refractivity contribution in [3.63, 3.8) is 0 Å². The van der Waals surface area contributed by atoms with Crippen LogP contribution in [0.25, 0.3) is 0 Å². The van der Waals surface area contributed by atoms with Crippen molar-refractivity contribution in [3.8, 4) is 0 Å². The topological polar surface area (TPSA) is 64.9 Å². The average Bonchev–Trinajstić information content (AvgIpc) is 2.65. The van der Waals surface area contributed by atoms with Crippen LogP contribution in [0.4, 0.5) is 0 Å². The van der Waals surface area contributed by atoms with Crippen molar-refractivity contribution in [2.24, 2.45) is 5.92 Å². The fourth-order valence-corrected chi connectivity index (χ4v) is 1.37. The zero-order chi connectivity index (χ0) is 12.7. The Balaban J connectivity index is 2.32. The number of aromatic nitrogens is 4. The molecule has 0 aliphatic heterocycles. The van der Waals surface area contributed by atoms with Gasteiger partial charge in [-0.05, 0) is 36.7 Å². The van der Waals surface area contributed by atoms with Gasteiger partial charge in [0.1, 0.15) is 0 Å². The van der Waals surface area contributed by atoms with E-state index in [1.54, 1.807) is 4.68 Å². The van der Waals surface area contributed by atoms with Crippen LogP contribution in [0.5, 0.6) is 0 Å². The lowest BCUT2D eigenvalue weighted by molar-refractivity contribution is 0.0701. The van der Waals surface area contributed by atoms with Crippen LogP contribution in [-0.2, 0) is 17.8 Å². The molecule has 0 atom stereocenters. The van der Waals surface area contributed by atoms with Gasteiger partial charge in [0, 0.05) is 0 Å². The highest BCUT2D eigenvalue weighted by atomic mass is 16.5. The molecule has 0 aromatic carbocycles. The Labute approximate surface area is 103 Å². The summed E-state index contributed by atoms with van der Waals surface area (Å²) in [5.74, 6) is 1.49. The predicted molar refractivity (Wildman–Crippen MR) is 65.4 cm³/mol. The molecule has 6 nitrogen and oxygen atoms in total. The normalized spacial score (nSPS) is 11.6. The molecule has 0 fully saturated rings. The van der Waals surface area contributed by atoms with E-state index < -0.39 is 0 Å². The molecule has 0 amide bonds. The van der Waals surface area contributed by atoms with E-state index in [1.165, 1.54) is 0 Å². The van der Waals surface area contributed by atoms with Gasteiger partial charge < -0.3 is 10.1 Å². The Morgan fingerprint density at radius 2 is 2.06 bits per heavy atom. The van der Waals surface area contributed by atoms with Crippen molar-refractivity contribution in [2.45, 2.75) is 46.9 Å². The minimum atomic E-state index is 0.244. The van der Waals surface area contributed by atoms with Gasteiger partial charge in [-0.3, -0.25) is 0 Å². The monoisotopic (exact) mass is 241 g/mol.